The average Bonchev–Trinajstić information content (AvgIpc) is 2.98. The summed E-state index contributed by atoms with van der Waals surface area (Å²) in [6.45, 7) is 11.4. The molecule has 0 heterocycles. The molecule has 0 fully saturated rings. The molecule has 1 aliphatic rings. The fraction of sp³-hybridized carbons (Fsp3) is 0.417. The highest BCUT2D eigenvalue weighted by Gasteiger charge is 2.38. The van der Waals surface area contributed by atoms with Crippen molar-refractivity contribution in [1.29, 1.82) is 0 Å². The van der Waals surface area contributed by atoms with Crippen molar-refractivity contribution in [2.75, 3.05) is 0 Å². The van der Waals surface area contributed by atoms with Gasteiger partial charge in [-0.2, -0.15) is 11.1 Å². The van der Waals surface area contributed by atoms with Crippen LogP contribution in [-0.4, -0.2) is 7.38 Å². The predicted molar refractivity (Wildman–Crippen MR) is 118 cm³/mol. The van der Waals surface area contributed by atoms with Gasteiger partial charge in [-0.3, -0.25) is 0 Å². The van der Waals surface area contributed by atoms with E-state index in [4.69, 9.17) is 11.1 Å². The summed E-state index contributed by atoms with van der Waals surface area (Å²) in [4.78, 5) is 0. The van der Waals surface area contributed by atoms with Crippen molar-refractivity contribution in [3.05, 3.63) is 76.0 Å². The first kappa shape index (κ1) is 19.4. The number of rotatable bonds is 5. The highest BCUT2D eigenvalue weighted by molar-refractivity contribution is 7.24. The molecule has 0 radical (unpaired) electrons. The maximum absolute atomic E-state index is 7.47. The first-order chi connectivity index (χ1) is 12.2. The lowest BCUT2D eigenvalue weighted by atomic mass is 9.87. The molecule has 0 aromatic heterocycles. The quantitative estimate of drug-likeness (QED) is 0.382. The summed E-state index contributed by atoms with van der Waals surface area (Å²) in [6.07, 6.45) is 3.43. The molecule has 0 nitrogen and oxygen atoms in total. The fourth-order valence-electron chi connectivity index (χ4n) is 3.98. The van der Waals surface area contributed by atoms with Gasteiger partial charge in [-0.05, 0) is 52.1 Å². The third-order valence-corrected chi connectivity index (χ3v) is 10.9. The van der Waals surface area contributed by atoms with E-state index in [0.717, 1.165) is 18.5 Å². The Hall–Kier alpha value is -1.31. The maximum atomic E-state index is 7.47. The Kier molecular flexibility index (Phi) is 5.51. The van der Waals surface area contributed by atoms with Crippen LogP contribution in [0.2, 0.25) is 6.04 Å². The summed E-state index contributed by atoms with van der Waals surface area (Å²) >= 11 is 7.47. The summed E-state index contributed by atoms with van der Waals surface area (Å²) in [5, 5.41) is 1.51. The molecule has 0 saturated carbocycles. The Labute approximate surface area is 165 Å². The van der Waals surface area contributed by atoms with E-state index in [9.17, 15) is 0 Å². The van der Waals surface area contributed by atoms with Gasteiger partial charge in [0.05, 0.1) is 0 Å². The van der Waals surface area contributed by atoms with Gasteiger partial charge in [-0.25, -0.2) is 0 Å². The zero-order valence-electron chi connectivity index (χ0n) is 16.8. The van der Waals surface area contributed by atoms with E-state index in [-0.39, 0.29) is 5.41 Å². The highest BCUT2D eigenvalue weighted by atomic mass is 35.6. The van der Waals surface area contributed by atoms with Gasteiger partial charge in [-0.15, -0.1) is 0 Å². The van der Waals surface area contributed by atoms with E-state index in [1.54, 1.807) is 0 Å². The minimum atomic E-state index is -2.05. The van der Waals surface area contributed by atoms with E-state index >= 15 is 0 Å². The van der Waals surface area contributed by atoms with Crippen LogP contribution >= 0.6 is 11.1 Å². The van der Waals surface area contributed by atoms with Crippen molar-refractivity contribution >= 4 is 24.5 Å². The number of fused-ring (bicyclic) bond motifs is 1. The topological polar surface area (TPSA) is 0 Å². The molecule has 0 N–H and O–H groups in total. The molecule has 0 bridgehead atoms. The first-order valence-electron chi connectivity index (χ1n) is 9.75. The van der Waals surface area contributed by atoms with Crippen LogP contribution in [0.15, 0.2) is 53.7 Å². The molecule has 2 aromatic carbocycles. The Balaban J connectivity index is 1.87. The molecule has 0 aliphatic heterocycles. The van der Waals surface area contributed by atoms with E-state index in [1.807, 2.05) is 0 Å². The van der Waals surface area contributed by atoms with E-state index < -0.39 is 7.38 Å². The Morgan fingerprint density at radius 3 is 2.23 bits per heavy atom. The maximum Gasteiger partial charge on any atom is 0.187 e. The summed E-state index contributed by atoms with van der Waals surface area (Å²) in [6, 6.07) is 20.1. The van der Waals surface area contributed by atoms with Crippen LogP contribution in [0.5, 0.6) is 0 Å². The molecule has 26 heavy (non-hydrogen) atoms. The summed E-state index contributed by atoms with van der Waals surface area (Å²) in [5.74, 6) is 0.623. The Morgan fingerprint density at radius 2 is 1.65 bits per heavy atom. The smallest absolute Gasteiger partial charge is 0.161 e. The van der Waals surface area contributed by atoms with Crippen molar-refractivity contribution in [2.24, 2.45) is 5.92 Å². The second-order valence-electron chi connectivity index (χ2n) is 9.23. The van der Waals surface area contributed by atoms with Crippen molar-refractivity contribution in [1.82, 2.24) is 0 Å². The molecule has 2 heteroatoms. The van der Waals surface area contributed by atoms with Gasteiger partial charge in [0.2, 0.25) is 0 Å². The van der Waals surface area contributed by atoms with Gasteiger partial charge in [0.15, 0.2) is 7.38 Å². The van der Waals surface area contributed by atoms with Gasteiger partial charge in [0.1, 0.15) is 0 Å². The van der Waals surface area contributed by atoms with E-state index in [0.29, 0.717) is 5.92 Å². The van der Waals surface area contributed by atoms with Crippen molar-refractivity contribution in [2.45, 2.75) is 58.5 Å². The zero-order valence-corrected chi connectivity index (χ0v) is 18.5. The van der Waals surface area contributed by atoms with Gasteiger partial charge < -0.3 is 0 Å². The van der Waals surface area contributed by atoms with Gasteiger partial charge in [-0.1, -0.05) is 94.4 Å². The van der Waals surface area contributed by atoms with Crippen LogP contribution in [0, 0.1) is 5.92 Å². The molecule has 2 aromatic rings. The average molecular weight is 383 g/mol. The van der Waals surface area contributed by atoms with Gasteiger partial charge >= 0.3 is 0 Å². The van der Waals surface area contributed by atoms with Crippen LogP contribution < -0.4 is 0 Å². The van der Waals surface area contributed by atoms with Crippen molar-refractivity contribution < 1.29 is 0 Å². The van der Waals surface area contributed by atoms with Crippen LogP contribution in [0.3, 0.4) is 0 Å². The number of halogens is 1. The first-order valence-corrected chi connectivity index (χ1v) is 13.2. The third kappa shape index (κ3) is 4.32. The molecule has 1 aliphatic carbocycles. The monoisotopic (exact) mass is 382 g/mol. The standard InChI is InChI=1S/C24H31ClSi/c1-18(2)16-26(25,23-14-20-8-6-7-9-21(20)15-23)17-19-10-12-22(13-11-19)24(3,4)5/h6-14,18H,15-17H2,1-5H3. The molecule has 1 atom stereocenters. The third-order valence-electron chi connectivity index (χ3n) is 5.38. The molecule has 3 rings (SSSR count). The number of hydrogen-bond donors (Lipinski definition) is 0. The fourth-order valence-corrected chi connectivity index (χ4v) is 9.46. The molecular weight excluding hydrogens is 352 g/mol. The summed E-state index contributed by atoms with van der Waals surface area (Å²) < 4.78 is 0. The van der Waals surface area contributed by atoms with E-state index in [2.05, 4.69) is 89.2 Å². The van der Waals surface area contributed by atoms with Crippen LogP contribution in [0.4, 0.5) is 0 Å². The molecule has 0 saturated heterocycles. The summed E-state index contributed by atoms with van der Waals surface area (Å²) in [7, 11) is -2.05. The molecule has 138 valence electrons. The van der Waals surface area contributed by atoms with Crippen LogP contribution in [0.25, 0.3) is 6.08 Å². The Bertz CT molecular complexity index is 796. The molecule has 1 unspecified atom stereocenters. The number of hydrogen-bond acceptors (Lipinski definition) is 0. The largest absolute Gasteiger partial charge is 0.187 e. The highest BCUT2D eigenvalue weighted by Crippen LogP contribution is 2.39. The Morgan fingerprint density at radius 1 is 1.00 bits per heavy atom. The lowest BCUT2D eigenvalue weighted by Crippen LogP contribution is -2.35. The molecule has 0 spiro atoms. The lowest BCUT2D eigenvalue weighted by molar-refractivity contribution is 0.590. The summed E-state index contributed by atoms with van der Waals surface area (Å²) in [5.41, 5.74) is 5.78. The van der Waals surface area contributed by atoms with E-state index in [1.165, 1.54) is 27.5 Å². The van der Waals surface area contributed by atoms with Gasteiger partial charge in [0, 0.05) is 0 Å². The lowest BCUT2D eigenvalue weighted by Gasteiger charge is -2.29. The molecule has 0 amide bonds. The van der Waals surface area contributed by atoms with Gasteiger partial charge in [0.25, 0.3) is 0 Å². The van der Waals surface area contributed by atoms with Crippen molar-refractivity contribution in [3.8, 4) is 0 Å². The number of allylic oxidation sites excluding steroid dienone is 1. The van der Waals surface area contributed by atoms with Crippen molar-refractivity contribution in [3.63, 3.8) is 0 Å². The predicted octanol–water partition coefficient (Wildman–Crippen LogP) is 7.09. The second kappa shape index (κ2) is 7.36. The van der Waals surface area contributed by atoms with Crippen LogP contribution in [-0.2, 0) is 17.9 Å². The normalized spacial score (nSPS) is 16.3. The SMILES string of the molecule is CC(C)C[Si](Cl)(Cc1ccc(C(C)(C)C)cc1)C1=Cc2ccccc2C1. The molecular formula is C24H31ClSi. The minimum absolute atomic E-state index is 0.196. The van der Waals surface area contributed by atoms with Crippen LogP contribution in [0.1, 0.15) is 56.9 Å². The number of benzene rings is 2. The zero-order chi connectivity index (χ0) is 18.9. The second-order valence-corrected chi connectivity index (χ2v) is 14.7. The minimum Gasteiger partial charge on any atom is -0.161 e.